The summed E-state index contributed by atoms with van der Waals surface area (Å²) < 4.78 is 5.84. The van der Waals surface area contributed by atoms with Crippen molar-refractivity contribution in [1.29, 1.82) is 0 Å². The molecule has 0 bridgehead atoms. The Kier molecular flexibility index (Phi) is 42.3. The number of amides is 1. The molecule has 57 heavy (non-hydrogen) atoms. The predicted octanol–water partition coefficient (Wildman–Crippen LogP) is 13.8. The highest BCUT2D eigenvalue weighted by atomic mass is 16.5. The van der Waals surface area contributed by atoms with E-state index in [-0.39, 0.29) is 31.3 Å². The molecule has 6 heteroatoms. The summed E-state index contributed by atoms with van der Waals surface area (Å²) >= 11 is 0. The van der Waals surface area contributed by atoms with Crippen molar-refractivity contribution >= 4 is 11.9 Å². The van der Waals surface area contributed by atoms with Gasteiger partial charge in [-0.15, -0.1) is 0 Å². The highest BCUT2D eigenvalue weighted by molar-refractivity contribution is 5.77. The van der Waals surface area contributed by atoms with E-state index in [9.17, 15) is 19.8 Å². The molecular weight excluding hydrogens is 707 g/mol. The van der Waals surface area contributed by atoms with E-state index in [1.54, 1.807) is 0 Å². The van der Waals surface area contributed by atoms with Crippen molar-refractivity contribution in [3.63, 3.8) is 0 Å². The highest BCUT2D eigenvalue weighted by Crippen LogP contribution is 2.16. The molecule has 3 atom stereocenters. The average molecular weight is 796 g/mol. The number of rotatable bonds is 41. The van der Waals surface area contributed by atoms with Gasteiger partial charge in [-0.25, -0.2) is 0 Å². The average Bonchev–Trinajstić information content (AvgIpc) is 3.20. The summed E-state index contributed by atoms with van der Waals surface area (Å²) in [4.78, 5) is 26.0. The van der Waals surface area contributed by atoms with Crippen LogP contribution in [0, 0.1) is 0 Å². The molecule has 0 radical (unpaired) electrons. The molecule has 0 saturated heterocycles. The Morgan fingerprint density at radius 2 is 0.965 bits per heavy atom. The van der Waals surface area contributed by atoms with E-state index in [0.717, 1.165) is 70.6 Å². The summed E-state index contributed by atoms with van der Waals surface area (Å²) in [6, 6.07) is -0.730. The van der Waals surface area contributed by atoms with Gasteiger partial charge in [-0.2, -0.15) is 0 Å². The lowest BCUT2D eigenvalue weighted by Crippen LogP contribution is -2.46. The van der Waals surface area contributed by atoms with Gasteiger partial charge in [0.2, 0.25) is 5.91 Å². The molecule has 3 unspecified atom stereocenters. The lowest BCUT2D eigenvalue weighted by molar-refractivity contribution is -0.150. The first-order valence-corrected chi connectivity index (χ1v) is 23.7. The van der Waals surface area contributed by atoms with Crippen molar-refractivity contribution in [3.05, 3.63) is 72.9 Å². The van der Waals surface area contributed by atoms with Crippen LogP contribution in [0.5, 0.6) is 0 Å². The Hall–Kier alpha value is -2.70. The van der Waals surface area contributed by atoms with Crippen LogP contribution in [-0.2, 0) is 14.3 Å². The number of carbonyl (C=O) groups is 2. The van der Waals surface area contributed by atoms with Gasteiger partial charge in [0.15, 0.2) is 0 Å². The van der Waals surface area contributed by atoms with Crippen molar-refractivity contribution < 1.29 is 24.5 Å². The fourth-order valence-electron chi connectivity index (χ4n) is 6.71. The zero-order chi connectivity index (χ0) is 41.7. The molecule has 0 aliphatic rings. The van der Waals surface area contributed by atoms with Crippen LogP contribution in [0.3, 0.4) is 0 Å². The molecule has 0 aliphatic heterocycles. The number of allylic oxidation sites excluding steroid dienone is 12. The monoisotopic (exact) mass is 796 g/mol. The van der Waals surface area contributed by atoms with Gasteiger partial charge in [0.05, 0.1) is 25.2 Å². The summed E-state index contributed by atoms with van der Waals surface area (Å²) in [6.07, 6.45) is 55.4. The van der Waals surface area contributed by atoms with Crippen LogP contribution in [0.25, 0.3) is 0 Å². The maximum Gasteiger partial charge on any atom is 0.306 e. The minimum absolute atomic E-state index is 0.0147. The molecule has 0 rings (SSSR count). The molecule has 0 aromatic heterocycles. The molecule has 3 N–H and O–H groups in total. The van der Waals surface area contributed by atoms with Crippen molar-refractivity contribution in [3.8, 4) is 0 Å². The van der Waals surface area contributed by atoms with Gasteiger partial charge < -0.3 is 20.3 Å². The third-order valence-electron chi connectivity index (χ3n) is 10.3. The summed E-state index contributed by atoms with van der Waals surface area (Å²) in [5.74, 6) is -0.615. The summed E-state index contributed by atoms with van der Waals surface area (Å²) in [6.45, 7) is 6.31. The SMILES string of the molecule is CC/C=C/C/C=C/C/C=C/C/C=C/CCCC(CC(=O)NC(CO)C(O)CCCCCCCCCCCCC)OC(=O)CC/C=C/C/C=C\CCCCCCCC. The van der Waals surface area contributed by atoms with E-state index in [0.29, 0.717) is 19.3 Å². The van der Waals surface area contributed by atoms with E-state index in [4.69, 9.17) is 4.74 Å². The second-order valence-corrected chi connectivity index (χ2v) is 15.8. The van der Waals surface area contributed by atoms with E-state index in [1.165, 1.54) is 89.9 Å². The standard InChI is InChI=1S/C51H89NO5/c1-4-7-10-13-16-19-22-24-26-28-30-33-36-39-42-47(57-51(56)44-41-38-35-32-29-25-23-20-17-14-11-8-5-2)45-50(55)52-48(46-53)49(54)43-40-37-34-31-27-21-18-15-12-9-6-3/h7,10,16,19,24-26,29-30,33,35,38,47-49,53-54H,4-6,8-9,11-15,17-18,20-23,27-28,31-32,34,36-37,39-46H2,1-3H3,(H,52,55)/b10-7+,19-16+,26-24+,29-25-,33-30+,38-35+. The quantitative estimate of drug-likeness (QED) is 0.0325. The zero-order valence-electron chi connectivity index (χ0n) is 37.2. The van der Waals surface area contributed by atoms with Crippen molar-refractivity contribution in [2.45, 2.75) is 232 Å². The lowest BCUT2D eigenvalue weighted by atomic mass is 10.0. The molecule has 1 amide bonds. The van der Waals surface area contributed by atoms with Crippen LogP contribution in [0.4, 0.5) is 0 Å². The zero-order valence-corrected chi connectivity index (χ0v) is 37.2. The minimum Gasteiger partial charge on any atom is -0.462 e. The van der Waals surface area contributed by atoms with E-state index in [2.05, 4.69) is 92.9 Å². The number of hydrogen-bond donors (Lipinski definition) is 3. The van der Waals surface area contributed by atoms with Gasteiger partial charge in [0.25, 0.3) is 0 Å². The van der Waals surface area contributed by atoms with E-state index < -0.39 is 18.2 Å². The maximum atomic E-state index is 13.1. The molecular formula is C51H89NO5. The van der Waals surface area contributed by atoms with Gasteiger partial charge in [-0.05, 0) is 77.0 Å². The maximum absolute atomic E-state index is 13.1. The fraction of sp³-hybridized carbons (Fsp3) is 0.725. The lowest BCUT2D eigenvalue weighted by Gasteiger charge is -2.24. The van der Waals surface area contributed by atoms with Crippen LogP contribution >= 0.6 is 0 Å². The molecule has 0 aromatic carbocycles. The van der Waals surface area contributed by atoms with Crippen molar-refractivity contribution in [1.82, 2.24) is 5.32 Å². The number of aliphatic hydroxyl groups excluding tert-OH is 2. The molecule has 6 nitrogen and oxygen atoms in total. The number of esters is 1. The van der Waals surface area contributed by atoms with Gasteiger partial charge in [0, 0.05) is 6.42 Å². The Balaban J connectivity index is 4.78. The normalized spacial score (nSPS) is 14.0. The molecule has 0 saturated carbocycles. The molecule has 0 heterocycles. The van der Waals surface area contributed by atoms with E-state index in [1.807, 2.05) is 6.08 Å². The number of carbonyl (C=O) groups excluding carboxylic acids is 2. The Labute approximate surface area is 351 Å². The number of nitrogens with one attached hydrogen (secondary N) is 1. The number of hydrogen-bond acceptors (Lipinski definition) is 5. The van der Waals surface area contributed by atoms with Crippen LogP contribution in [0.1, 0.15) is 213 Å². The van der Waals surface area contributed by atoms with Crippen LogP contribution in [-0.4, -0.2) is 46.9 Å². The molecule has 0 aliphatic carbocycles. The van der Waals surface area contributed by atoms with Gasteiger partial charge in [-0.3, -0.25) is 9.59 Å². The number of ether oxygens (including phenoxy) is 1. The van der Waals surface area contributed by atoms with Crippen LogP contribution in [0.2, 0.25) is 0 Å². The van der Waals surface area contributed by atoms with Gasteiger partial charge in [0.1, 0.15) is 6.10 Å². The summed E-state index contributed by atoms with van der Waals surface area (Å²) in [5.41, 5.74) is 0. The second-order valence-electron chi connectivity index (χ2n) is 15.8. The number of aliphatic hydroxyl groups is 2. The van der Waals surface area contributed by atoms with Gasteiger partial charge >= 0.3 is 5.97 Å². The smallest absolute Gasteiger partial charge is 0.306 e. The molecule has 0 fully saturated rings. The largest absolute Gasteiger partial charge is 0.462 e. The van der Waals surface area contributed by atoms with Gasteiger partial charge in [-0.1, -0.05) is 196 Å². The summed E-state index contributed by atoms with van der Waals surface area (Å²) in [5, 5.41) is 23.6. The predicted molar refractivity (Wildman–Crippen MR) is 245 cm³/mol. The van der Waals surface area contributed by atoms with Crippen molar-refractivity contribution in [2.24, 2.45) is 0 Å². The minimum atomic E-state index is -0.811. The Bertz CT molecular complexity index is 1070. The topological polar surface area (TPSA) is 95.9 Å². The van der Waals surface area contributed by atoms with E-state index >= 15 is 0 Å². The van der Waals surface area contributed by atoms with Crippen LogP contribution < -0.4 is 5.32 Å². The summed E-state index contributed by atoms with van der Waals surface area (Å²) in [7, 11) is 0. The Morgan fingerprint density at radius 3 is 1.47 bits per heavy atom. The first kappa shape index (κ1) is 54.3. The third kappa shape index (κ3) is 39.9. The Morgan fingerprint density at radius 1 is 0.526 bits per heavy atom. The first-order chi connectivity index (χ1) is 28.0. The molecule has 0 aromatic rings. The highest BCUT2D eigenvalue weighted by Gasteiger charge is 2.23. The third-order valence-corrected chi connectivity index (χ3v) is 10.3. The van der Waals surface area contributed by atoms with Crippen LogP contribution in [0.15, 0.2) is 72.9 Å². The first-order valence-electron chi connectivity index (χ1n) is 23.7. The second kappa shape index (κ2) is 44.4. The molecule has 0 spiro atoms. The van der Waals surface area contributed by atoms with Crippen molar-refractivity contribution in [2.75, 3.05) is 6.61 Å². The fourth-order valence-corrected chi connectivity index (χ4v) is 6.71. The number of unbranched alkanes of at least 4 members (excludes halogenated alkanes) is 17. The molecule has 328 valence electrons.